The quantitative estimate of drug-likeness (QED) is 0.700. The molecule has 2 aromatic rings. The molecule has 0 saturated carbocycles. The van der Waals surface area contributed by atoms with Crippen LogP contribution in [0.5, 0.6) is 0 Å². The Hall–Kier alpha value is -2.04. The van der Waals surface area contributed by atoms with Gasteiger partial charge in [0.05, 0.1) is 11.1 Å². The fourth-order valence-electron chi connectivity index (χ4n) is 1.43. The van der Waals surface area contributed by atoms with Gasteiger partial charge >= 0.3 is 5.97 Å². The van der Waals surface area contributed by atoms with Crippen molar-refractivity contribution >= 4 is 22.7 Å². The molecule has 3 N–H and O–H groups in total. The van der Waals surface area contributed by atoms with Crippen molar-refractivity contribution in [1.82, 2.24) is 9.78 Å². The van der Waals surface area contributed by atoms with Crippen molar-refractivity contribution < 1.29 is 9.90 Å². The summed E-state index contributed by atoms with van der Waals surface area (Å²) in [4.78, 5) is 10.7. The van der Waals surface area contributed by atoms with Gasteiger partial charge in [-0.2, -0.15) is 5.10 Å². The average Bonchev–Trinajstić information content (AvgIpc) is 2.42. The minimum atomic E-state index is -0.963. The first-order valence-electron chi connectivity index (χ1n) is 4.05. The third kappa shape index (κ3) is 1.10. The number of fused-ring (bicyclic) bond motifs is 1. The van der Waals surface area contributed by atoms with Crippen LogP contribution in [0, 0.1) is 0 Å². The molecule has 0 saturated heterocycles. The number of aromatic carboxylic acids is 1. The van der Waals surface area contributed by atoms with Crippen LogP contribution in [0.1, 0.15) is 10.4 Å². The number of nitrogen functional groups attached to an aromatic ring is 1. The second-order valence-electron chi connectivity index (χ2n) is 3.05. The van der Waals surface area contributed by atoms with E-state index >= 15 is 0 Å². The predicted octanol–water partition coefficient (Wildman–Crippen LogP) is 0.854. The topological polar surface area (TPSA) is 81.1 Å². The molecule has 5 nitrogen and oxygen atoms in total. The summed E-state index contributed by atoms with van der Waals surface area (Å²) in [7, 11) is 1.76. The molecule has 0 unspecified atom stereocenters. The molecule has 1 aromatic carbocycles. The molecule has 0 aliphatic carbocycles. The maximum absolute atomic E-state index is 10.7. The van der Waals surface area contributed by atoms with E-state index in [1.54, 1.807) is 17.8 Å². The van der Waals surface area contributed by atoms with E-state index in [1.165, 1.54) is 12.1 Å². The Morgan fingerprint density at radius 2 is 2.29 bits per heavy atom. The van der Waals surface area contributed by atoms with E-state index in [2.05, 4.69) is 5.10 Å². The minimum absolute atomic E-state index is 0.220. The van der Waals surface area contributed by atoms with Crippen LogP contribution >= 0.6 is 0 Å². The summed E-state index contributed by atoms with van der Waals surface area (Å²) in [5, 5.41) is 13.4. The van der Waals surface area contributed by atoms with Gasteiger partial charge in [0.2, 0.25) is 0 Å². The molecule has 1 aromatic heterocycles. The second kappa shape index (κ2) is 2.73. The molecule has 2 rings (SSSR count). The Bertz CT molecular complexity index is 516. The van der Waals surface area contributed by atoms with E-state index in [0.29, 0.717) is 11.2 Å². The van der Waals surface area contributed by atoms with Gasteiger partial charge in [0.25, 0.3) is 0 Å². The van der Waals surface area contributed by atoms with Crippen molar-refractivity contribution in [3.8, 4) is 0 Å². The average molecular weight is 191 g/mol. The van der Waals surface area contributed by atoms with Crippen molar-refractivity contribution in [2.75, 3.05) is 5.73 Å². The highest BCUT2D eigenvalue weighted by molar-refractivity contribution is 5.97. The molecule has 0 amide bonds. The Balaban J connectivity index is 2.77. The van der Waals surface area contributed by atoms with Gasteiger partial charge in [0.1, 0.15) is 0 Å². The van der Waals surface area contributed by atoms with E-state index in [0.717, 1.165) is 5.52 Å². The largest absolute Gasteiger partial charge is 0.478 e. The third-order valence-corrected chi connectivity index (χ3v) is 2.13. The zero-order valence-electron chi connectivity index (χ0n) is 7.56. The van der Waals surface area contributed by atoms with Gasteiger partial charge in [-0.25, -0.2) is 4.79 Å². The van der Waals surface area contributed by atoms with E-state index in [-0.39, 0.29) is 5.56 Å². The van der Waals surface area contributed by atoms with Crippen molar-refractivity contribution in [1.29, 1.82) is 0 Å². The number of aryl methyl sites for hydroxylation is 1. The van der Waals surface area contributed by atoms with Crippen molar-refractivity contribution in [2.24, 2.45) is 7.05 Å². The molecule has 0 aliphatic rings. The van der Waals surface area contributed by atoms with Gasteiger partial charge in [0.15, 0.2) is 5.82 Å². The zero-order valence-corrected chi connectivity index (χ0v) is 7.56. The summed E-state index contributed by atoms with van der Waals surface area (Å²) in [6.45, 7) is 0. The number of nitrogens with two attached hydrogens (primary N) is 1. The number of nitrogens with zero attached hydrogens (tertiary/aromatic N) is 2. The van der Waals surface area contributed by atoms with Gasteiger partial charge in [-0.15, -0.1) is 0 Å². The Kier molecular flexibility index (Phi) is 1.67. The number of hydrogen-bond donors (Lipinski definition) is 2. The monoisotopic (exact) mass is 191 g/mol. The van der Waals surface area contributed by atoms with Crippen LogP contribution in [0.4, 0.5) is 5.82 Å². The lowest BCUT2D eigenvalue weighted by Gasteiger charge is -1.95. The molecule has 0 aliphatic heterocycles. The number of anilines is 1. The Morgan fingerprint density at radius 3 is 2.93 bits per heavy atom. The molecule has 0 atom stereocenters. The van der Waals surface area contributed by atoms with Gasteiger partial charge in [-0.3, -0.25) is 4.68 Å². The highest BCUT2D eigenvalue weighted by Crippen LogP contribution is 2.20. The minimum Gasteiger partial charge on any atom is -0.478 e. The molecule has 14 heavy (non-hydrogen) atoms. The maximum Gasteiger partial charge on any atom is 0.335 e. The number of carboxylic acid groups (broad SMARTS) is 1. The first-order chi connectivity index (χ1) is 6.59. The number of benzene rings is 1. The summed E-state index contributed by atoms with van der Waals surface area (Å²) in [5.74, 6) is -0.610. The maximum atomic E-state index is 10.7. The molecule has 1 heterocycles. The SMILES string of the molecule is Cn1nc(N)c2cc(C(=O)O)ccc21. The smallest absolute Gasteiger partial charge is 0.335 e. The van der Waals surface area contributed by atoms with E-state index in [1.807, 2.05) is 0 Å². The van der Waals surface area contributed by atoms with E-state index in [9.17, 15) is 4.79 Å². The van der Waals surface area contributed by atoms with Gasteiger partial charge in [0, 0.05) is 12.4 Å². The zero-order chi connectivity index (χ0) is 10.3. The Morgan fingerprint density at radius 1 is 1.57 bits per heavy atom. The van der Waals surface area contributed by atoms with Crippen LogP contribution in [-0.4, -0.2) is 20.9 Å². The van der Waals surface area contributed by atoms with Crippen LogP contribution in [0.15, 0.2) is 18.2 Å². The molecule has 0 bridgehead atoms. The van der Waals surface area contributed by atoms with Crippen molar-refractivity contribution in [3.63, 3.8) is 0 Å². The normalized spacial score (nSPS) is 10.6. The number of carboxylic acids is 1. The highest BCUT2D eigenvalue weighted by atomic mass is 16.4. The molecular formula is C9H9N3O2. The van der Waals surface area contributed by atoms with Crippen molar-refractivity contribution in [2.45, 2.75) is 0 Å². The van der Waals surface area contributed by atoms with E-state index < -0.39 is 5.97 Å². The second-order valence-corrected chi connectivity index (χ2v) is 3.05. The molecule has 0 radical (unpaired) electrons. The summed E-state index contributed by atoms with van der Waals surface area (Å²) in [5.41, 5.74) is 6.67. The first kappa shape index (κ1) is 8.55. The lowest BCUT2D eigenvalue weighted by molar-refractivity contribution is 0.0697. The summed E-state index contributed by atoms with van der Waals surface area (Å²) in [6.07, 6.45) is 0. The number of aromatic nitrogens is 2. The fraction of sp³-hybridized carbons (Fsp3) is 0.111. The number of rotatable bonds is 1. The Labute approximate surface area is 79.7 Å². The summed E-state index contributed by atoms with van der Waals surface area (Å²) in [6, 6.07) is 4.76. The summed E-state index contributed by atoms with van der Waals surface area (Å²) >= 11 is 0. The van der Waals surface area contributed by atoms with Crippen LogP contribution in [-0.2, 0) is 7.05 Å². The van der Waals surface area contributed by atoms with Crippen molar-refractivity contribution in [3.05, 3.63) is 23.8 Å². The lowest BCUT2D eigenvalue weighted by atomic mass is 10.1. The lowest BCUT2D eigenvalue weighted by Crippen LogP contribution is -1.95. The van der Waals surface area contributed by atoms with Crippen LogP contribution in [0.2, 0.25) is 0 Å². The van der Waals surface area contributed by atoms with Gasteiger partial charge < -0.3 is 10.8 Å². The molecular weight excluding hydrogens is 182 g/mol. The van der Waals surface area contributed by atoms with Crippen LogP contribution < -0.4 is 5.73 Å². The number of hydrogen-bond acceptors (Lipinski definition) is 3. The molecule has 5 heteroatoms. The van der Waals surface area contributed by atoms with Crippen LogP contribution in [0.3, 0.4) is 0 Å². The standard InChI is InChI=1S/C9H9N3O2/c1-12-7-3-2-5(9(13)14)4-6(7)8(10)11-12/h2-4H,1H3,(H2,10,11)(H,13,14). The van der Waals surface area contributed by atoms with Gasteiger partial charge in [-0.1, -0.05) is 0 Å². The first-order valence-corrected chi connectivity index (χ1v) is 4.05. The summed E-state index contributed by atoms with van der Waals surface area (Å²) < 4.78 is 1.62. The molecule has 72 valence electrons. The molecule has 0 spiro atoms. The third-order valence-electron chi connectivity index (χ3n) is 2.13. The highest BCUT2D eigenvalue weighted by Gasteiger charge is 2.09. The van der Waals surface area contributed by atoms with Gasteiger partial charge in [-0.05, 0) is 18.2 Å². The predicted molar refractivity (Wildman–Crippen MR) is 52.1 cm³/mol. The van der Waals surface area contributed by atoms with Crippen LogP contribution in [0.25, 0.3) is 10.9 Å². The fourth-order valence-corrected chi connectivity index (χ4v) is 1.43. The number of carbonyl (C=O) groups is 1. The van der Waals surface area contributed by atoms with E-state index in [4.69, 9.17) is 10.8 Å². The molecule has 0 fully saturated rings.